The Morgan fingerprint density at radius 3 is 2.85 bits per heavy atom. The number of guanidine groups is 1. The van der Waals surface area contributed by atoms with Crippen molar-refractivity contribution in [2.24, 2.45) is 20.7 Å². The molecule has 0 radical (unpaired) electrons. The van der Waals surface area contributed by atoms with Crippen molar-refractivity contribution in [1.29, 1.82) is 0 Å². The number of hydrogen-bond donors (Lipinski definition) is 1. The summed E-state index contributed by atoms with van der Waals surface area (Å²) in [6.07, 6.45) is 2.48. The quantitative estimate of drug-likeness (QED) is 0.611. The van der Waals surface area contributed by atoms with Gasteiger partial charge in [-0.15, -0.1) is 0 Å². The maximum Gasteiger partial charge on any atom is 0.284 e. The highest BCUT2D eigenvalue weighted by Gasteiger charge is 2.25. The minimum Gasteiger partial charge on any atom is -0.368 e. The summed E-state index contributed by atoms with van der Waals surface area (Å²) in [5, 5.41) is 0. The topological polar surface area (TPSA) is 80.2 Å². The van der Waals surface area contributed by atoms with Crippen LogP contribution in [0, 0.1) is 0 Å². The Bertz CT molecular complexity index is 400. The van der Waals surface area contributed by atoms with Crippen LogP contribution < -0.4 is 5.73 Å². The van der Waals surface area contributed by atoms with Gasteiger partial charge in [-0.3, -0.25) is 4.79 Å². The average molecular weight is 176 g/mol. The molecule has 2 rings (SSSR count). The first-order valence-electron chi connectivity index (χ1n) is 3.97. The minimum absolute atomic E-state index is 0.0155. The van der Waals surface area contributed by atoms with Crippen molar-refractivity contribution in [2.75, 3.05) is 0 Å². The molecule has 0 atom stereocenters. The van der Waals surface area contributed by atoms with Crippen LogP contribution in [0.3, 0.4) is 0 Å². The van der Waals surface area contributed by atoms with E-state index in [9.17, 15) is 4.79 Å². The van der Waals surface area contributed by atoms with E-state index >= 15 is 0 Å². The number of carbonyl (C=O) groups excluding carboxylic acids is 1. The second-order valence-corrected chi connectivity index (χ2v) is 2.73. The Balaban J connectivity index is 2.46. The molecule has 13 heavy (non-hydrogen) atoms. The van der Waals surface area contributed by atoms with Crippen molar-refractivity contribution >= 4 is 23.4 Å². The number of fused-ring (bicyclic) bond motifs is 1. The van der Waals surface area contributed by atoms with Gasteiger partial charge in [-0.2, -0.15) is 9.98 Å². The van der Waals surface area contributed by atoms with Gasteiger partial charge in [-0.25, -0.2) is 4.99 Å². The van der Waals surface area contributed by atoms with E-state index in [4.69, 9.17) is 5.73 Å². The van der Waals surface area contributed by atoms with E-state index in [-0.39, 0.29) is 11.9 Å². The molecule has 0 fully saturated rings. The Labute approximate surface area is 74.8 Å². The molecular weight excluding hydrogens is 168 g/mol. The smallest absolute Gasteiger partial charge is 0.284 e. The molecule has 5 heteroatoms. The lowest BCUT2D eigenvalue weighted by Crippen LogP contribution is -2.21. The summed E-state index contributed by atoms with van der Waals surface area (Å²) in [4.78, 5) is 22.8. The molecule has 2 heterocycles. The van der Waals surface area contributed by atoms with Crippen molar-refractivity contribution in [3.05, 3.63) is 11.6 Å². The number of hydrogen-bond acceptors (Lipinski definition) is 4. The van der Waals surface area contributed by atoms with E-state index < -0.39 is 0 Å². The van der Waals surface area contributed by atoms with E-state index in [0.717, 1.165) is 12.1 Å². The Morgan fingerprint density at radius 2 is 2.15 bits per heavy atom. The lowest BCUT2D eigenvalue weighted by Gasteiger charge is -2.03. The number of amides is 1. The van der Waals surface area contributed by atoms with Gasteiger partial charge in [0.2, 0.25) is 5.96 Å². The monoisotopic (exact) mass is 176 g/mol. The number of carbonyl (C=O) groups is 1. The maximum absolute atomic E-state index is 11.3. The van der Waals surface area contributed by atoms with Crippen LogP contribution in [0.15, 0.2) is 26.6 Å². The van der Waals surface area contributed by atoms with Gasteiger partial charge in [0.05, 0.1) is 5.57 Å². The summed E-state index contributed by atoms with van der Waals surface area (Å²) in [7, 11) is 0. The van der Waals surface area contributed by atoms with Crippen LogP contribution in [0.1, 0.15) is 13.3 Å². The molecule has 0 aromatic rings. The predicted octanol–water partition coefficient (Wildman–Crippen LogP) is 0.0308. The van der Waals surface area contributed by atoms with Crippen molar-refractivity contribution in [2.45, 2.75) is 13.3 Å². The Morgan fingerprint density at radius 1 is 1.38 bits per heavy atom. The molecule has 0 saturated heterocycles. The first-order valence-corrected chi connectivity index (χ1v) is 3.97. The lowest BCUT2D eigenvalue weighted by atomic mass is 10.2. The number of amidine groups is 1. The Hall–Kier alpha value is -1.78. The first-order chi connectivity index (χ1) is 6.20. The highest BCUT2D eigenvalue weighted by molar-refractivity contribution is 6.35. The molecule has 5 nitrogen and oxygen atoms in total. The molecule has 0 aliphatic carbocycles. The molecule has 2 N–H and O–H groups in total. The highest BCUT2D eigenvalue weighted by Crippen LogP contribution is 2.15. The second kappa shape index (κ2) is 2.62. The SMILES string of the molecule is CCC1=NC2=NC(N)=NC(=O)C2=C1. The van der Waals surface area contributed by atoms with E-state index in [0.29, 0.717) is 11.4 Å². The molecular formula is C8H8N4O. The van der Waals surface area contributed by atoms with Gasteiger partial charge in [0.25, 0.3) is 5.91 Å². The fraction of sp³-hybridized carbons (Fsp3) is 0.250. The average Bonchev–Trinajstić information content (AvgIpc) is 2.47. The standard InChI is InChI=1S/C8H8N4O/c1-2-4-3-5-6(10-4)11-8(9)12-7(5)13/h3H,2H2,1H3,(H2,9,12,13). The molecule has 0 bridgehead atoms. The summed E-state index contributed by atoms with van der Waals surface area (Å²) in [5.74, 6) is 0.0299. The largest absolute Gasteiger partial charge is 0.368 e. The lowest BCUT2D eigenvalue weighted by molar-refractivity contribution is -0.113. The van der Waals surface area contributed by atoms with Gasteiger partial charge >= 0.3 is 0 Å². The molecule has 2 aliphatic rings. The van der Waals surface area contributed by atoms with E-state index in [1.165, 1.54) is 0 Å². The van der Waals surface area contributed by atoms with Gasteiger partial charge in [-0.1, -0.05) is 6.92 Å². The minimum atomic E-state index is -0.352. The van der Waals surface area contributed by atoms with Crippen LogP contribution in [0.5, 0.6) is 0 Å². The zero-order chi connectivity index (χ0) is 9.42. The van der Waals surface area contributed by atoms with Crippen molar-refractivity contribution in [1.82, 2.24) is 0 Å². The summed E-state index contributed by atoms with van der Waals surface area (Å²) in [6, 6.07) is 0. The van der Waals surface area contributed by atoms with Crippen molar-refractivity contribution in [3.63, 3.8) is 0 Å². The third-order valence-corrected chi connectivity index (χ3v) is 1.83. The fourth-order valence-electron chi connectivity index (χ4n) is 1.18. The summed E-state index contributed by atoms with van der Waals surface area (Å²) < 4.78 is 0. The third kappa shape index (κ3) is 1.18. The van der Waals surface area contributed by atoms with Gasteiger partial charge in [-0.05, 0) is 12.5 Å². The molecule has 2 aliphatic heterocycles. The van der Waals surface area contributed by atoms with Crippen LogP contribution in [0.25, 0.3) is 0 Å². The van der Waals surface area contributed by atoms with E-state index in [1.54, 1.807) is 6.08 Å². The number of aliphatic imine (C=N–C) groups is 3. The van der Waals surface area contributed by atoms with Crippen LogP contribution in [0.4, 0.5) is 0 Å². The van der Waals surface area contributed by atoms with Gasteiger partial charge in [0.15, 0.2) is 5.84 Å². The van der Waals surface area contributed by atoms with Crippen LogP contribution in [-0.4, -0.2) is 23.4 Å². The van der Waals surface area contributed by atoms with E-state index in [2.05, 4.69) is 15.0 Å². The highest BCUT2D eigenvalue weighted by atomic mass is 16.1. The summed E-state index contributed by atoms with van der Waals surface area (Å²) in [5.41, 5.74) is 6.60. The molecule has 0 spiro atoms. The maximum atomic E-state index is 11.3. The Kier molecular flexibility index (Phi) is 1.58. The zero-order valence-corrected chi connectivity index (χ0v) is 7.11. The second-order valence-electron chi connectivity index (χ2n) is 2.73. The number of rotatable bonds is 1. The number of nitrogens with zero attached hydrogens (tertiary/aromatic N) is 3. The van der Waals surface area contributed by atoms with E-state index in [1.807, 2.05) is 6.92 Å². The number of nitrogens with two attached hydrogens (primary N) is 1. The molecule has 0 unspecified atom stereocenters. The summed E-state index contributed by atoms with van der Waals surface area (Å²) >= 11 is 0. The normalized spacial score (nSPS) is 20.2. The molecule has 0 saturated carbocycles. The molecule has 66 valence electrons. The summed E-state index contributed by atoms with van der Waals surface area (Å²) in [6.45, 7) is 1.96. The van der Waals surface area contributed by atoms with Gasteiger partial charge < -0.3 is 5.73 Å². The van der Waals surface area contributed by atoms with Gasteiger partial charge in [0, 0.05) is 5.71 Å². The fourth-order valence-corrected chi connectivity index (χ4v) is 1.18. The molecule has 0 aromatic carbocycles. The third-order valence-electron chi connectivity index (χ3n) is 1.83. The first kappa shape index (κ1) is 7.85. The molecule has 0 aromatic heterocycles. The molecule has 1 amide bonds. The van der Waals surface area contributed by atoms with Crippen molar-refractivity contribution < 1.29 is 4.79 Å². The predicted molar refractivity (Wildman–Crippen MR) is 49.9 cm³/mol. The van der Waals surface area contributed by atoms with Crippen molar-refractivity contribution in [3.8, 4) is 0 Å². The number of allylic oxidation sites excluding steroid dienone is 1. The van der Waals surface area contributed by atoms with Crippen LogP contribution in [-0.2, 0) is 4.79 Å². The van der Waals surface area contributed by atoms with Gasteiger partial charge in [0.1, 0.15) is 0 Å². The zero-order valence-electron chi connectivity index (χ0n) is 7.11. The van der Waals surface area contributed by atoms with Crippen LogP contribution in [0.2, 0.25) is 0 Å². The van der Waals surface area contributed by atoms with Crippen LogP contribution >= 0.6 is 0 Å².